The van der Waals surface area contributed by atoms with Gasteiger partial charge in [0.05, 0.1) is 18.3 Å². The Hall–Kier alpha value is -3.29. The van der Waals surface area contributed by atoms with Crippen molar-refractivity contribution < 1.29 is 28.6 Å². The summed E-state index contributed by atoms with van der Waals surface area (Å²) >= 11 is 0. The number of aromatic amines is 1. The van der Waals surface area contributed by atoms with Crippen LogP contribution in [0.4, 0.5) is 5.69 Å². The second-order valence-corrected chi connectivity index (χ2v) is 6.66. The van der Waals surface area contributed by atoms with Crippen LogP contribution >= 0.6 is 0 Å². The van der Waals surface area contributed by atoms with Crippen LogP contribution in [0.2, 0.25) is 0 Å². The molecule has 0 fully saturated rings. The molecule has 0 radical (unpaired) electrons. The number of aromatic nitrogens is 1. The molecule has 1 aromatic carbocycles. The summed E-state index contributed by atoms with van der Waals surface area (Å²) in [5.41, 5.74) is 1.89. The Labute approximate surface area is 169 Å². The van der Waals surface area contributed by atoms with Crippen LogP contribution in [0.1, 0.15) is 52.9 Å². The molecule has 1 amide bonds. The fourth-order valence-corrected chi connectivity index (χ4v) is 2.73. The molecule has 1 aromatic heterocycles. The lowest BCUT2D eigenvalue weighted by Gasteiger charge is -2.09. The second-order valence-electron chi connectivity index (χ2n) is 6.66. The largest absolute Gasteiger partial charge is 0.494 e. The van der Waals surface area contributed by atoms with Crippen molar-refractivity contribution in [3.63, 3.8) is 0 Å². The first-order valence-corrected chi connectivity index (χ1v) is 9.32. The molecule has 0 atom stereocenters. The van der Waals surface area contributed by atoms with E-state index in [9.17, 15) is 14.4 Å². The molecular formula is C21H26N2O6. The molecule has 8 heteroatoms. The average Bonchev–Trinajstić information content (AvgIpc) is 2.95. The predicted octanol–water partition coefficient (Wildman–Crippen LogP) is 3.39. The topological polar surface area (TPSA) is 107 Å². The Morgan fingerprint density at radius 2 is 1.72 bits per heavy atom. The van der Waals surface area contributed by atoms with Gasteiger partial charge in [0, 0.05) is 11.4 Å². The number of carbonyl (C=O) groups excluding carboxylic acids is 3. The lowest BCUT2D eigenvalue weighted by atomic mass is 10.1. The monoisotopic (exact) mass is 402 g/mol. The highest BCUT2D eigenvalue weighted by Gasteiger charge is 2.24. The summed E-state index contributed by atoms with van der Waals surface area (Å²) in [4.78, 5) is 39.4. The van der Waals surface area contributed by atoms with E-state index in [0.29, 0.717) is 34.9 Å². The average molecular weight is 402 g/mol. The number of amides is 1. The van der Waals surface area contributed by atoms with E-state index in [1.807, 2.05) is 6.92 Å². The number of hydrogen-bond acceptors (Lipinski definition) is 6. The molecule has 0 aliphatic carbocycles. The summed E-state index contributed by atoms with van der Waals surface area (Å²) < 4.78 is 15.6. The van der Waals surface area contributed by atoms with Crippen LogP contribution in [0, 0.1) is 13.8 Å². The molecule has 0 bridgehead atoms. The third-order valence-electron chi connectivity index (χ3n) is 3.97. The summed E-state index contributed by atoms with van der Waals surface area (Å²) in [6.07, 6.45) is -0.280. The third-order valence-corrected chi connectivity index (χ3v) is 3.97. The molecule has 0 aliphatic heterocycles. The van der Waals surface area contributed by atoms with Gasteiger partial charge in [-0.3, -0.25) is 4.79 Å². The molecule has 1 heterocycles. The second kappa shape index (κ2) is 9.77. The minimum Gasteiger partial charge on any atom is -0.494 e. The van der Waals surface area contributed by atoms with Gasteiger partial charge < -0.3 is 24.5 Å². The third kappa shape index (κ3) is 5.84. The van der Waals surface area contributed by atoms with Crippen molar-refractivity contribution in [1.29, 1.82) is 0 Å². The van der Waals surface area contributed by atoms with Gasteiger partial charge in [0.2, 0.25) is 0 Å². The van der Waals surface area contributed by atoms with Crippen LogP contribution in [0.15, 0.2) is 24.3 Å². The Morgan fingerprint density at radius 1 is 1.07 bits per heavy atom. The van der Waals surface area contributed by atoms with Crippen molar-refractivity contribution in [3.05, 3.63) is 46.8 Å². The number of nitrogens with one attached hydrogen (secondary N) is 2. The van der Waals surface area contributed by atoms with Crippen LogP contribution in [0.25, 0.3) is 0 Å². The highest BCUT2D eigenvalue weighted by atomic mass is 16.5. The summed E-state index contributed by atoms with van der Waals surface area (Å²) in [5, 5.41) is 2.63. The summed E-state index contributed by atoms with van der Waals surface area (Å²) in [5.74, 6) is -1.03. The maximum atomic E-state index is 12.3. The standard InChI is InChI=1S/C21H26N2O6/c1-6-27-16-9-7-15(8-10-16)23-17(24)11-28-21(26)19-13(4)18(14(5)22-19)20(25)29-12(2)3/h7-10,12,22H,6,11H2,1-5H3,(H,23,24). The zero-order valence-corrected chi connectivity index (χ0v) is 17.3. The van der Waals surface area contributed by atoms with Crippen LogP contribution in [-0.2, 0) is 14.3 Å². The van der Waals surface area contributed by atoms with Gasteiger partial charge in [-0.15, -0.1) is 0 Å². The molecule has 0 spiro atoms. The van der Waals surface area contributed by atoms with Gasteiger partial charge in [0.25, 0.3) is 5.91 Å². The van der Waals surface area contributed by atoms with E-state index in [1.54, 1.807) is 52.0 Å². The summed E-state index contributed by atoms with van der Waals surface area (Å²) in [6, 6.07) is 6.84. The molecule has 156 valence electrons. The van der Waals surface area contributed by atoms with Gasteiger partial charge in [-0.2, -0.15) is 0 Å². The fourth-order valence-electron chi connectivity index (χ4n) is 2.73. The first kappa shape index (κ1) is 22.0. The number of esters is 2. The Bertz CT molecular complexity index is 883. The van der Waals surface area contributed by atoms with Gasteiger partial charge >= 0.3 is 11.9 Å². The van der Waals surface area contributed by atoms with E-state index in [-0.39, 0.29) is 11.8 Å². The van der Waals surface area contributed by atoms with Gasteiger partial charge in [-0.1, -0.05) is 0 Å². The molecule has 0 unspecified atom stereocenters. The van der Waals surface area contributed by atoms with Crippen molar-refractivity contribution in [1.82, 2.24) is 4.98 Å². The van der Waals surface area contributed by atoms with E-state index in [1.165, 1.54) is 0 Å². The molecule has 29 heavy (non-hydrogen) atoms. The maximum absolute atomic E-state index is 12.3. The minimum absolute atomic E-state index is 0.118. The fraction of sp³-hybridized carbons (Fsp3) is 0.381. The number of benzene rings is 1. The highest BCUT2D eigenvalue weighted by Crippen LogP contribution is 2.20. The van der Waals surface area contributed by atoms with Gasteiger partial charge in [0.1, 0.15) is 11.4 Å². The summed E-state index contributed by atoms with van der Waals surface area (Å²) in [6.45, 7) is 8.75. The Kier molecular flexibility index (Phi) is 7.41. The van der Waals surface area contributed by atoms with E-state index in [0.717, 1.165) is 0 Å². The molecule has 0 aliphatic rings. The SMILES string of the molecule is CCOc1ccc(NC(=O)COC(=O)c2[nH]c(C)c(C(=O)OC(C)C)c2C)cc1. The normalized spacial score (nSPS) is 10.6. The number of aryl methyl sites for hydroxylation is 1. The van der Waals surface area contributed by atoms with E-state index in [2.05, 4.69) is 10.3 Å². The van der Waals surface area contributed by atoms with Gasteiger partial charge in [-0.25, -0.2) is 9.59 Å². The van der Waals surface area contributed by atoms with E-state index < -0.39 is 24.5 Å². The van der Waals surface area contributed by atoms with Gasteiger partial charge in [-0.05, 0) is 64.4 Å². The number of anilines is 1. The van der Waals surface area contributed by atoms with Crippen LogP contribution < -0.4 is 10.1 Å². The Morgan fingerprint density at radius 3 is 2.31 bits per heavy atom. The Balaban J connectivity index is 1.96. The molecule has 8 nitrogen and oxygen atoms in total. The summed E-state index contributed by atoms with van der Waals surface area (Å²) in [7, 11) is 0. The number of hydrogen-bond donors (Lipinski definition) is 2. The zero-order chi connectivity index (χ0) is 21.6. The molecule has 2 aromatic rings. The van der Waals surface area contributed by atoms with E-state index in [4.69, 9.17) is 14.2 Å². The van der Waals surface area contributed by atoms with Crippen molar-refractivity contribution in [2.75, 3.05) is 18.5 Å². The number of H-pyrrole nitrogens is 1. The van der Waals surface area contributed by atoms with Crippen molar-refractivity contribution >= 4 is 23.5 Å². The smallest absolute Gasteiger partial charge is 0.355 e. The van der Waals surface area contributed by atoms with Crippen LogP contribution in [0.5, 0.6) is 5.75 Å². The lowest BCUT2D eigenvalue weighted by molar-refractivity contribution is -0.119. The van der Waals surface area contributed by atoms with E-state index >= 15 is 0 Å². The van der Waals surface area contributed by atoms with Crippen LogP contribution in [-0.4, -0.2) is 42.1 Å². The van der Waals surface area contributed by atoms with Crippen molar-refractivity contribution in [3.8, 4) is 5.75 Å². The van der Waals surface area contributed by atoms with Gasteiger partial charge in [0.15, 0.2) is 6.61 Å². The first-order valence-electron chi connectivity index (χ1n) is 9.32. The molecular weight excluding hydrogens is 376 g/mol. The van der Waals surface area contributed by atoms with Crippen molar-refractivity contribution in [2.45, 2.75) is 40.7 Å². The predicted molar refractivity (Wildman–Crippen MR) is 107 cm³/mol. The number of rotatable bonds is 8. The minimum atomic E-state index is -0.726. The first-order chi connectivity index (χ1) is 13.7. The quantitative estimate of drug-likeness (QED) is 0.656. The molecule has 2 rings (SSSR count). The maximum Gasteiger partial charge on any atom is 0.355 e. The number of carbonyl (C=O) groups is 3. The molecule has 0 saturated carbocycles. The molecule has 0 saturated heterocycles. The van der Waals surface area contributed by atoms with Crippen LogP contribution in [0.3, 0.4) is 0 Å². The lowest BCUT2D eigenvalue weighted by Crippen LogP contribution is -2.21. The highest BCUT2D eigenvalue weighted by molar-refractivity contribution is 5.99. The molecule has 2 N–H and O–H groups in total. The van der Waals surface area contributed by atoms with Crippen molar-refractivity contribution in [2.24, 2.45) is 0 Å². The zero-order valence-electron chi connectivity index (χ0n) is 17.3. The number of ether oxygens (including phenoxy) is 3.